The fourth-order valence-electron chi connectivity index (χ4n) is 5.16. The van der Waals surface area contributed by atoms with Crippen molar-refractivity contribution in [3.63, 3.8) is 0 Å². The Kier molecular flexibility index (Phi) is 10.5. The highest BCUT2D eigenvalue weighted by atomic mass is 35.5. The van der Waals surface area contributed by atoms with E-state index in [1.54, 1.807) is 63.4 Å². The molecule has 1 N–H and O–H groups in total. The molecule has 4 rings (SSSR count). The average molecular weight is 612 g/mol. The Hall–Kier alpha value is -3.56. The number of nitrogens with zero attached hydrogens (tertiary/aromatic N) is 2. The molecular weight excluding hydrogens is 574 g/mol. The van der Waals surface area contributed by atoms with Crippen molar-refractivity contribution in [2.75, 3.05) is 18.0 Å². The molecule has 0 spiro atoms. The van der Waals surface area contributed by atoms with Crippen LogP contribution in [0.2, 0.25) is 5.02 Å². The molecule has 2 amide bonds. The number of benzene rings is 3. The number of hydrogen-bond donors (Lipinski definition) is 1. The molecule has 1 aliphatic carbocycles. The minimum absolute atomic E-state index is 0.0435. The average Bonchev–Trinajstić information content (AvgIpc) is 3.00. The highest BCUT2D eigenvalue weighted by Gasteiger charge is 2.33. The number of hydrogen-bond acceptors (Lipinski definition) is 5. The summed E-state index contributed by atoms with van der Waals surface area (Å²) in [6.45, 7) is 3.03. The number of nitrogens with one attached hydrogen (secondary N) is 1. The summed E-state index contributed by atoms with van der Waals surface area (Å²) < 4.78 is 34.3. The number of halogens is 1. The van der Waals surface area contributed by atoms with Gasteiger partial charge in [0.05, 0.1) is 17.7 Å². The molecule has 42 heavy (non-hydrogen) atoms. The van der Waals surface area contributed by atoms with E-state index < -0.39 is 28.5 Å². The molecule has 0 bridgehead atoms. The second-order valence-corrected chi connectivity index (χ2v) is 12.9. The van der Waals surface area contributed by atoms with Gasteiger partial charge in [-0.1, -0.05) is 67.3 Å². The third kappa shape index (κ3) is 7.63. The molecule has 0 saturated heterocycles. The molecule has 1 atom stereocenters. The number of carbonyl (C=O) groups is 2. The van der Waals surface area contributed by atoms with Gasteiger partial charge in [-0.25, -0.2) is 8.42 Å². The predicted octanol–water partition coefficient (Wildman–Crippen LogP) is 5.72. The standard InChI is InChI=1S/C32H38ClN3O5S/c1-23-14-17-26(33)20-30(23)36(42(39,40)29-12-8-5-9-13-29)22-31(37)35(21-25-15-18-28(41-3)19-16-25)24(2)32(38)34-27-10-6-4-7-11-27/h5,8-9,12-20,24,27H,4,6-7,10-11,21-22H2,1-3H3,(H,34,38)/t24-/m0/s1. The number of methoxy groups -OCH3 is 1. The van der Waals surface area contributed by atoms with Crippen LogP contribution in [0.25, 0.3) is 0 Å². The molecule has 0 aromatic heterocycles. The Morgan fingerprint density at radius 1 is 1.00 bits per heavy atom. The smallest absolute Gasteiger partial charge is 0.264 e. The molecule has 3 aromatic rings. The summed E-state index contributed by atoms with van der Waals surface area (Å²) in [4.78, 5) is 29.1. The number of rotatable bonds is 11. The molecule has 1 saturated carbocycles. The molecule has 0 unspecified atom stereocenters. The van der Waals surface area contributed by atoms with Crippen molar-refractivity contribution in [2.24, 2.45) is 0 Å². The van der Waals surface area contributed by atoms with E-state index >= 15 is 0 Å². The maximum absolute atomic E-state index is 14.1. The van der Waals surface area contributed by atoms with Crippen LogP contribution in [0.1, 0.15) is 50.2 Å². The van der Waals surface area contributed by atoms with Crippen molar-refractivity contribution in [1.29, 1.82) is 0 Å². The third-order valence-corrected chi connectivity index (χ3v) is 9.69. The first-order valence-corrected chi connectivity index (χ1v) is 16.0. The van der Waals surface area contributed by atoms with E-state index in [0.717, 1.165) is 42.0 Å². The highest BCUT2D eigenvalue weighted by molar-refractivity contribution is 7.92. The summed E-state index contributed by atoms with van der Waals surface area (Å²) >= 11 is 6.29. The van der Waals surface area contributed by atoms with Gasteiger partial charge in [0, 0.05) is 17.6 Å². The second-order valence-electron chi connectivity index (χ2n) is 10.6. The zero-order valence-electron chi connectivity index (χ0n) is 24.3. The lowest BCUT2D eigenvalue weighted by molar-refractivity contribution is -0.139. The Bertz CT molecular complexity index is 1480. The van der Waals surface area contributed by atoms with Crippen LogP contribution in [0.3, 0.4) is 0 Å². The number of amides is 2. The van der Waals surface area contributed by atoms with Crippen LogP contribution in [-0.4, -0.2) is 50.9 Å². The first-order valence-electron chi connectivity index (χ1n) is 14.2. The van der Waals surface area contributed by atoms with E-state index in [2.05, 4.69) is 5.32 Å². The largest absolute Gasteiger partial charge is 0.497 e. The Morgan fingerprint density at radius 3 is 2.31 bits per heavy atom. The summed E-state index contributed by atoms with van der Waals surface area (Å²) in [6.07, 6.45) is 5.07. The van der Waals surface area contributed by atoms with E-state index in [-0.39, 0.29) is 23.4 Å². The molecule has 224 valence electrons. The molecule has 1 fully saturated rings. The lowest BCUT2D eigenvalue weighted by Gasteiger charge is -2.33. The Labute approximate surface area is 253 Å². The lowest BCUT2D eigenvalue weighted by Crippen LogP contribution is -2.53. The topological polar surface area (TPSA) is 96.0 Å². The third-order valence-electron chi connectivity index (χ3n) is 7.68. The van der Waals surface area contributed by atoms with Gasteiger partial charge in [0.25, 0.3) is 10.0 Å². The molecule has 8 nitrogen and oxygen atoms in total. The van der Waals surface area contributed by atoms with Gasteiger partial charge in [-0.2, -0.15) is 0 Å². The van der Waals surface area contributed by atoms with E-state index in [4.69, 9.17) is 16.3 Å². The minimum atomic E-state index is -4.16. The number of aryl methyl sites for hydroxylation is 1. The SMILES string of the molecule is COc1ccc(CN(C(=O)CN(c2cc(Cl)ccc2C)S(=O)(=O)c2ccccc2)[C@@H](C)C(=O)NC2CCCCC2)cc1. The molecular formula is C32H38ClN3O5S. The van der Waals surface area contributed by atoms with Gasteiger partial charge < -0.3 is 15.0 Å². The van der Waals surface area contributed by atoms with Crippen molar-refractivity contribution in [1.82, 2.24) is 10.2 Å². The first kappa shape index (κ1) is 31.4. The monoisotopic (exact) mass is 611 g/mol. The normalized spacial score (nSPS) is 14.6. The Balaban J connectivity index is 1.69. The van der Waals surface area contributed by atoms with Crippen molar-refractivity contribution in [2.45, 2.75) is 69.5 Å². The number of carbonyl (C=O) groups excluding carboxylic acids is 2. The fourth-order valence-corrected chi connectivity index (χ4v) is 6.82. The van der Waals surface area contributed by atoms with E-state index in [9.17, 15) is 18.0 Å². The van der Waals surface area contributed by atoms with Gasteiger partial charge in [-0.15, -0.1) is 0 Å². The van der Waals surface area contributed by atoms with Gasteiger partial charge in [0.15, 0.2) is 0 Å². The van der Waals surface area contributed by atoms with Gasteiger partial charge in [0.1, 0.15) is 18.3 Å². The molecule has 0 heterocycles. The fraction of sp³-hybridized carbons (Fsp3) is 0.375. The molecule has 3 aromatic carbocycles. The molecule has 0 radical (unpaired) electrons. The van der Waals surface area contributed by atoms with Crippen molar-refractivity contribution >= 4 is 39.1 Å². The molecule has 10 heteroatoms. The van der Waals surface area contributed by atoms with Crippen molar-refractivity contribution in [3.05, 3.63) is 88.9 Å². The van der Waals surface area contributed by atoms with E-state index in [1.807, 2.05) is 12.1 Å². The lowest BCUT2D eigenvalue weighted by atomic mass is 9.95. The maximum atomic E-state index is 14.1. The van der Waals surface area contributed by atoms with E-state index in [0.29, 0.717) is 22.0 Å². The minimum Gasteiger partial charge on any atom is -0.497 e. The highest BCUT2D eigenvalue weighted by Crippen LogP contribution is 2.30. The summed E-state index contributed by atoms with van der Waals surface area (Å²) in [5.74, 6) is -0.118. The quantitative estimate of drug-likeness (QED) is 0.299. The predicted molar refractivity (Wildman–Crippen MR) is 165 cm³/mol. The maximum Gasteiger partial charge on any atom is 0.264 e. The number of sulfonamides is 1. The zero-order chi connectivity index (χ0) is 30.3. The van der Waals surface area contributed by atoms with Crippen LogP contribution in [0.15, 0.2) is 77.7 Å². The molecule has 1 aliphatic rings. The Morgan fingerprint density at radius 2 is 1.67 bits per heavy atom. The zero-order valence-corrected chi connectivity index (χ0v) is 25.8. The summed E-state index contributed by atoms with van der Waals surface area (Å²) in [6, 6.07) is 19.3. The van der Waals surface area contributed by atoms with Crippen LogP contribution >= 0.6 is 11.6 Å². The van der Waals surface area contributed by atoms with E-state index in [1.165, 1.54) is 23.1 Å². The summed E-state index contributed by atoms with van der Waals surface area (Å²) in [5, 5.41) is 3.45. The van der Waals surface area contributed by atoms with Crippen LogP contribution < -0.4 is 14.4 Å². The van der Waals surface area contributed by atoms with Crippen LogP contribution in [-0.2, 0) is 26.2 Å². The van der Waals surface area contributed by atoms with Gasteiger partial charge in [-0.05, 0) is 74.2 Å². The second kappa shape index (κ2) is 14.1. The number of anilines is 1. The summed E-state index contributed by atoms with van der Waals surface area (Å²) in [7, 11) is -2.59. The molecule has 0 aliphatic heterocycles. The van der Waals surface area contributed by atoms with Gasteiger partial charge in [-0.3, -0.25) is 13.9 Å². The van der Waals surface area contributed by atoms with Crippen LogP contribution in [0, 0.1) is 6.92 Å². The van der Waals surface area contributed by atoms with Crippen molar-refractivity contribution < 1.29 is 22.7 Å². The first-order chi connectivity index (χ1) is 20.1. The summed E-state index contributed by atoms with van der Waals surface area (Å²) in [5.41, 5.74) is 1.71. The van der Waals surface area contributed by atoms with Gasteiger partial charge in [0.2, 0.25) is 11.8 Å². The van der Waals surface area contributed by atoms with Crippen molar-refractivity contribution in [3.8, 4) is 5.75 Å². The van der Waals surface area contributed by atoms with Gasteiger partial charge >= 0.3 is 0 Å². The van der Waals surface area contributed by atoms with Crippen LogP contribution in [0.5, 0.6) is 5.75 Å². The number of ether oxygens (including phenoxy) is 1. The van der Waals surface area contributed by atoms with Crippen LogP contribution in [0.4, 0.5) is 5.69 Å².